The van der Waals surface area contributed by atoms with Gasteiger partial charge >= 0.3 is 6.03 Å². The third-order valence-corrected chi connectivity index (χ3v) is 6.53. The molecule has 1 heterocycles. The summed E-state index contributed by atoms with van der Waals surface area (Å²) in [5.74, 6) is -0.926. The van der Waals surface area contributed by atoms with Gasteiger partial charge in [0, 0.05) is 37.7 Å². The van der Waals surface area contributed by atoms with Gasteiger partial charge in [-0.1, -0.05) is 35.9 Å². The SMILES string of the molecule is CCOC(CNC(=O)CC1(NC(=O)Nc2ccc(C)cc2)C(=O)N(CC(OCC)OCC)c2ccccc21)OCC. The van der Waals surface area contributed by atoms with Crippen LogP contribution in [0.2, 0.25) is 0 Å². The van der Waals surface area contributed by atoms with Gasteiger partial charge < -0.3 is 39.8 Å². The molecule has 2 aromatic rings. The summed E-state index contributed by atoms with van der Waals surface area (Å²) in [6, 6.07) is 13.7. The van der Waals surface area contributed by atoms with Gasteiger partial charge in [-0.2, -0.15) is 0 Å². The first-order chi connectivity index (χ1) is 19.8. The average molecular weight is 571 g/mol. The summed E-state index contributed by atoms with van der Waals surface area (Å²) in [5.41, 5.74) is 0.956. The molecule has 0 bridgehead atoms. The summed E-state index contributed by atoms with van der Waals surface area (Å²) in [4.78, 5) is 42.5. The fourth-order valence-corrected chi connectivity index (χ4v) is 4.75. The number of carbonyl (C=O) groups excluding carboxylic acids is 3. The van der Waals surface area contributed by atoms with Crippen molar-refractivity contribution in [2.75, 3.05) is 49.7 Å². The zero-order valence-electron chi connectivity index (χ0n) is 24.5. The highest BCUT2D eigenvalue weighted by atomic mass is 16.7. The highest BCUT2D eigenvalue weighted by Gasteiger charge is 2.53. The van der Waals surface area contributed by atoms with Crippen LogP contribution in [0.15, 0.2) is 48.5 Å². The van der Waals surface area contributed by atoms with Gasteiger partial charge in [0.1, 0.15) is 0 Å². The monoisotopic (exact) mass is 570 g/mol. The van der Waals surface area contributed by atoms with Gasteiger partial charge in [0.05, 0.1) is 25.2 Å². The van der Waals surface area contributed by atoms with Gasteiger partial charge in [-0.05, 0) is 52.8 Å². The van der Waals surface area contributed by atoms with Crippen molar-refractivity contribution in [3.05, 3.63) is 59.7 Å². The van der Waals surface area contributed by atoms with Crippen LogP contribution in [-0.4, -0.2) is 69.9 Å². The van der Waals surface area contributed by atoms with Crippen LogP contribution in [0.1, 0.15) is 45.2 Å². The van der Waals surface area contributed by atoms with Crippen LogP contribution in [0.3, 0.4) is 0 Å². The van der Waals surface area contributed by atoms with Crippen LogP contribution >= 0.6 is 0 Å². The number of urea groups is 1. The molecule has 3 rings (SSSR count). The van der Waals surface area contributed by atoms with Crippen molar-refractivity contribution in [3.8, 4) is 0 Å². The standard InChI is InChI=1S/C30H42N4O7/c1-6-38-26(39-7-2)19-31-25(35)18-30(33-29(37)32-22-16-14-21(5)15-17-22)23-12-10-11-13-24(23)34(28(30)36)20-27(40-8-3)41-9-4/h10-17,26-27H,6-9,18-20H2,1-5H3,(H,31,35)(H2,32,33,37). The number of rotatable bonds is 16. The number of hydrogen-bond acceptors (Lipinski definition) is 7. The molecule has 0 aromatic heterocycles. The first-order valence-corrected chi connectivity index (χ1v) is 14.1. The van der Waals surface area contributed by atoms with Crippen LogP contribution in [0.4, 0.5) is 16.2 Å². The van der Waals surface area contributed by atoms with Crippen molar-refractivity contribution < 1.29 is 33.3 Å². The smallest absolute Gasteiger partial charge is 0.320 e. The maximum atomic E-state index is 14.3. The first-order valence-electron chi connectivity index (χ1n) is 14.1. The Labute approximate surface area is 241 Å². The fourth-order valence-electron chi connectivity index (χ4n) is 4.75. The summed E-state index contributed by atoms with van der Waals surface area (Å²) < 4.78 is 22.5. The second kappa shape index (κ2) is 15.5. The Balaban J connectivity index is 1.94. The number of anilines is 2. The maximum Gasteiger partial charge on any atom is 0.320 e. The normalized spacial score (nSPS) is 16.3. The Morgan fingerprint density at radius 1 is 0.854 bits per heavy atom. The zero-order valence-corrected chi connectivity index (χ0v) is 24.5. The number of hydrogen-bond donors (Lipinski definition) is 3. The number of carbonyl (C=O) groups is 3. The van der Waals surface area contributed by atoms with Crippen molar-refractivity contribution in [1.82, 2.24) is 10.6 Å². The van der Waals surface area contributed by atoms with Crippen LogP contribution in [0.5, 0.6) is 0 Å². The summed E-state index contributed by atoms with van der Waals surface area (Å²) in [6.07, 6.45) is -1.67. The minimum absolute atomic E-state index is 0.0823. The Morgan fingerprint density at radius 3 is 2.05 bits per heavy atom. The van der Waals surface area contributed by atoms with Crippen molar-refractivity contribution in [3.63, 3.8) is 0 Å². The van der Waals surface area contributed by atoms with Crippen molar-refractivity contribution in [2.45, 2.75) is 59.2 Å². The number of aryl methyl sites for hydroxylation is 1. The molecular weight excluding hydrogens is 528 g/mol. The molecule has 0 saturated carbocycles. The van der Waals surface area contributed by atoms with E-state index in [0.717, 1.165) is 5.56 Å². The molecule has 1 unspecified atom stereocenters. The van der Waals surface area contributed by atoms with Gasteiger partial charge in [0.25, 0.3) is 5.91 Å². The van der Waals surface area contributed by atoms with E-state index in [-0.39, 0.29) is 19.5 Å². The van der Waals surface area contributed by atoms with Gasteiger partial charge in [-0.25, -0.2) is 4.79 Å². The van der Waals surface area contributed by atoms with E-state index >= 15 is 0 Å². The molecule has 0 fully saturated rings. The van der Waals surface area contributed by atoms with Crippen molar-refractivity contribution in [1.29, 1.82) is 0 Å². The lowest BCUT2D eigenvalue weighted by Gasteiger charge is -2.31. The lowest BCUT2D eigenvalue weighted by molar-refractivity contribution is -0.143. The van der Waals surface area contributed by atoms with Crippen LogP contribution in [0, 0.1) is 6.92 Å². The molecule has 1 aliphatic heterocycles. The number of fused-ring (bicyclic) bond motifs is 1. The van der Waals surface area contributed by atoms with Crippen LogP contribution in [-0.2, 0) is 34.1 Å². The molecule has 0 radical (unpaired) electrons. The number of benzene rings is 2. The molecule has 1 aliphatic rings. The van der Waals surface area contributed by atoms with Crippen molar-refractivity contribution >= 4 is 29.2 Å². The van der Waals surface area contributed by atoms with Crippen LogP contribution in [0.25, 0.3) is 0 Å². The van der Waals surface area contributed by atoms with Gasteiger partial charge in [-0.3, -0.25) is 9.59 Å². The van der Waals surface area contributed by atoms with E-state index in [0.29, 0.717) is 43.4 Å². The molecule has 224 valence electrons. The molecule has 4 amide bonds. The quantitative estimate of drug-likeness (QED) is 0.263. The summed E-state index contributed by atoms with van der Waals surface area (Å²) in [7, 11) is 0. The molecule has 41 heavy (non-hydrogen) atoms. The Hall–Kier alpha value is -3.51. The Kier molecular flexibility index (Phi) is 12.1. The highest BCUT2D eigenvalue weighted by Crippen LogP contribution is 2.42. The number of ether oxygens (including phenoxy) is 4. The van der Waals surface area contributed by atoms with E-state index < -0.39 is 36.0 Å². The molecule has 1 atom stereocenters. The van der Waals surface area contributed by atoms with Gasteiger partial charge in [0.15, 0.2) is 18.1 Å². The second-order valence-electron chi connectivity index (χ2n) is 9.44. The van der Waals surface area contributed by atoms with E-state index in [9.17, 15) is 14.4 Å². The molecule has 3 N–H and O–H groups in total. The van der Waals surface area contributed by atoms with Gasteiger partial charge in [0.2, 0.25) is 5.91 Å². The molecule has 0 aliphatic carbocycles. The summed E-state index contributed by atoms with van der Waals surface area (Å²) >= 11 is 0. The molecule has 11 nitrogen and oxygen atoms in total. The first kappa shape index (κ1) is 32.0. The molecule has 0 saturated heterocycles. The molecule has 2 aromatic carbocycles. The molecule has 0 spiro atoms. The lowest BCUT2D eigenvalue weighted by Crippen LogP contribution is -2.57. The molecular formula is C30H42N4O7. The second-order valence-corrected chi connectivity index (χ2v) is 9.44. The predicted octanol–water partition coefficient (Wildman–Crippen LogP) is 3.66. The van der Waals surface area contributed by atoms with E-state index in [4.69, 9.17) is 18.9 Å². The average Bonchev–Trinajstić information content (AvgIpc) is 3.16. The number of amides is 4. The minimum atomic E-state index is -1.69. The summed E-state index contributed by atoms with van der Waals surface area (Å²) in [6.45, 7) is 11.1. The van der Waals surface area contributed by atoms with E-state index in [2.05, 4.69) is 16.0 Å². The third kappa shape index (κ3) is 8.26. The molecule has 11 heteroatoms. The summed E-state index contributed by atoms with van der Waals surface area (Å²) in [5, 5.41) is 8.43. The van der Waals surface area contributed by atoms with E-state index in [1.165, 1.54) is 4.90 Å². The van der Waals surface area contributed by atoms with Gasteiger partial charge in [-0.15, -0.1) is 0 Å². The Morgan fingerprint density at radius 2 is 1.44 bits per heavy atom. The largest absolute Gasteiger partial charge is 0.351 e. The lowest BCUT2D eigenvalue weighted by atomic mass is 9.87. The topological polar surface area (TPSA) is 127 Å². The number of para-hydroxylation sites is 1. The Bertz CT molecular complexity index is 1150. The number of nitrogens with zero attached hydrogens (tertiary/aromatic N) is 1. The van der Waals surface area contributed by atoms with E-state index in [1.807, 2.05) is 46.8 Å². The highest BCUT2D eigenvalue weighted by molar-refractivity contribution is 6.12. The minimum Gasteiger partial charge on any atom is -0.351 e. The van der Waals surface area contributed by atoms with Crippen molar-refractivity contribution in [2.24, 2.45) is 0 Å². The maximum absolute atomic E-state index is 14.3. The number of nitrogens with one attached hydrogen (secondary N) is 3. The fraction of sp³-hybridized carbons (Fsp3) is 0.500. The van der Waals surface area contributed by atoms with E-state index in [1.54, 1.807) is 36.4 Å². The predicted molar refractivity (Wildman–Crippen MR) is 156 cm³/mol. The third-order valence-electron chi connectivity index (χ3n) is 6.53. The zero-order chi connectivity index (χ0) is 29.8. The van der Waals surface area contributed by atoms with Crippen LogP contribution < -0.4 is 20.9 Å².